The summed E-state index contributed by atoms with van der Waals surface area (Å²) in [5, 5.41) is 11.9. The van der Waals surface area contributed by atoms with E-state index < -0.39 is 5.97 Å². The molecule has 0 atom stereocenters. The molecule has 2 N–H and O–H groups in total. The maximum atomic E-state index is 12.3. The lowest BCUT2D eigenvalue weighted by molar-refractivity contribution is -0.126. The van der Waals surface area contributed by atoms with Crippen molar-refractivity contribution in [2.45, 2.75) is 19.3 Å². The molecule has 7 nitrogen and oxygen atoms in total. The van der Waals surface area contributed by atoms with Crippen molar-refractivity contribution in [2.75, 3.05) is 33.7 Å². The van der Waals surface area contributed by atoms with Crippen LogP contribution in [-0.4, -0.2) is 66.5 Å². The molecule has 0 unspecified atom stereocenters. The number of piperidine rings is 1. The van der Waals surface area contributed by atoms with E-state index in [0.717, 1.165) is 5.56 Å². The number of likely N-dealkylation sites (tertiary alicyclic amines) is 1. The smallest absolute Gasteiger partial charge is 0.335 e. The van der Waals surface area contributed by atoms with Crippen molar-refractivity contribution >= 4 is 17.9 Å². The first-order chi connectivity index (χ1) is 11.9. The number of nitrogens with zero attached hydrogens (tertiary/aromatic N) is 2. The van der Waals surface area contributed by atoms with Crippen LogP contribution in [0.2, 0.25) is 0 Å². The van der Waals surface area contributed by atoms with Crippen LogP contribution in [0.15, 0.2) is 24.3 Å². The minimum absolute atomic E-state index is 0.00587. The number of benzene rings is 1. The molecule has 1 aromatic carbocycles. The second kappa shape index (κ2) is 8.50. The number of carbonyl (C=O) groups excluding carboxylic acids is 2. The fourth-order valence-electron chi connectivity index (χ4n) is 2.95. The summed E-state index contributed by atoms with van der Waals surface area (Å²) in [6.45, 7) is 1.66. The highest BCUT2D eigenvalue weighted by Crippen LogP contribution is 2.18. The van der Waals surface area contributed by atoms with Crippen molar-refractivity contribution in [2.24, 2.45) is 5.92 Å². The minimum atomic E-state index is -0.954. The molecule has 0 aromatic heterocycles. The lowest BCUT2D eigenvalue weighted by Crippen LogP contribution is -2.46. The van der Waals surface area contributed by atoms with Gasteiger partial charge in [0, 0.05) is 39.6 Å². The average molecular weight is 347 g/mol. The Morgan fingerprint density at radius 3 is 2.52 bits per heavy atom. The molecule has 1 aromatic rings. The molecular formula is C18H25N3O4. The van der Waals surface area contributed by atoms with Gasteiger partial charge in [0.25, 0.3) is 0 Å². The summed E-state index contributed by atoms with van der Waals surface area (Å²) in [6, 6.07) is 6.71. The summed E-state index contributed by atoms with van der Waals surface area (Å²) in [5.41, 5.74) is 1.13. The average Bonchev–Trinajstić information content (AvgIpc) is 2.61. The number of hydrogen-bond acceptors (Lipinski definition) is 3. The van der Waals surface area contributed by atoms with Crippen molar-refractivity contribution < 1.29 is 19.5 Å². The molecule has 3 amide bonds. The van der Waals surface area contributed by atoms with E-state index in [1.165, 1.54) is 0 Å². The molecule has 1 heterocycles. The molecule has 1 saturated heterocycles. The Kier molecular flexibility index (Phi) is 6.38. The second-order valence-electron chi connectivity index (χ2n) is 6.48. The van der Waals surface area contributed by atoms with Crippen molar-refractivity contribution in [1.82, 2.24) is 15.1 Å². The van der Waals surface area contributed by atoms with E-state index >= 15 is 0 Å². The van der Waals surface area contributed by atoms with Gasteiger partial charge in [0.1, 0.15) is 0 Å². The minimum Gasteiger partial charge on any atom is -0.478 e. The van der Waals surface area contributed by atoms with E-state index in [-0.39, 0.29) is 23.4 Å². The molecule has 1 fully saturated rings. The highest BCUT2D eigenvalue weighted by atomic mass is 16.4. The van der Waals surface area contributed by atoms with Gasteiger partial charge in [-0.25, -0.2) is 9.59 Å². The first kappa shape index (κ1) is 18.8. The van der Waals surface area contributed by atoms with Crippen molar-refractivity contribution in [3.63, 3.8) is 0 Å². The number of nitrogens with one attached hydrogen (secondary N) is 1. The SMILES string of the molecule is CN(C)C(=O)N1CCC(C(=O)NCCc2cccc(C(=O)O)c2)CC1. The normalized spacial score (nSPS) is 14.9. The number of carboxylic acids is 1. The largest absolute Gasteiger partial charge is 0.478 e. The van der Waals surface area contributed by atoms with Gasteiger partial charge in [-0.3, -0.25) is 4.79 Å². The van der Waals surface area contributed by atoms with Crippen LogP contribution in [0.3, 0.4) is 0 Å². The molecule has 1 aliphatic heterocycles. The van der Waals surface area contributed by atoms with Gasteiger partial charge < -0.3 is 20.2 Å². The van der Waals surface area contributed by atoms with Crippen LogP contribution in [0, 0.1) is 5.92 Å². The molecule has 0 spiro atoms. The quantitative estimate of drug-likeness (QED) is 0.843. The molecule has 25 heavy (non-hydrogen) atoms. The highest BCUT2D eigenvalue weighted by molar-refractivity contribution is 5.87. The zero-order valence-electron chi connectivity index (χ0n) is 14.7. The van der Waals surface area contributed by atoms with Crippen LogP contribution in [-0.2, 0) is 11.2 Å². The van der Waals surface area contributed by atoms with Crippen molar-refractivity contribution in [3.8, 4) is 0 Å². The monoisotopic (exact) mass is 347 g/mol. The lowest BCUT2D eigenvalue weighted by atomic mass is 9.96. The third-order valence-electron chi connectivity index (χ3n) is 4.41. The van der Waals surface area contributed by atoms with Gasteiger partial charge >= 0.3 is 12.0 Å². The van der Waals surface area contributed by atoms with Crippen LogP contribution in [0.1, 0.15) is 28.8 Å². The fourth-order valence-corrected chi connectivity index (χ4v) is 2.95. The van der Waals surface area contributed by atoms with Crippen LogP contribution in [0.4, 0.5) is 4.79 Å². The summed E-state index contributed by atoms with van der Waals surface area (Å²) >= 11 is 0. The molecule has 0 bridgehead atoms. The van der Waals surface area contributed by atoms with Gasteiger partial charge in [-0.2, -0.15) is 0 Å². The Morgan fingerprint density at radius 2 is 1.92 bits per heavy atom. The van der Waals surface area contributed by atoms with E-state index in [0.29, 0.717) is 38.9 Å². The molecule has 136 valence electrons. The van der Waals surface area contributed by atoms with E-state index in [2.05, 4.69) is 5.32 Å². The van der Waals surface area contributed by atoms with Gasteiger partial charge in [0.2, 0.25) is 5.91 Å². The second-order valence-corrected chi connectivity index (χ2v) is 6.48. The number of hydrogen-bond donors (Lipinski definition) is 2. The number of urea groups is 1. The Morgan fingerprint density at radius 1 is 1.24 bits per heavy atom. The summed E-state index contributed by atoms with van der Waals surface area (Å²) in [5.74, 6) is -1.02. The first-order valence-corrected chi connectivity index (χ1v) is 8.44. The molecule has 7 heteroatoms. The molecule has 0 saturated carbocycles. The summed E-state index contributed by atoms with van der Waals surface area (Å²) < 4.78 is 0. The van der Waals surface area contributed by atoms with Gasteiger partial charge in [-0.15, -0.1) is 0 Å². The molecule has 2 rings (SSSR count). The lowest BCUT2D eigenvalue weighted by Gasteiger charge is -2.33. The fraction of sp³-hybridized carbons (Fsp3) is 0.500. The van der Waals surface area contributed by atoms with Gasteiger partial charge in [0.05, 0.1) is 5.56 Å². The number of rotatable bonds is 5. The Hall–Kier alpha value is -2.57. The predicted molar refractivity (Wildman–Crippen MR) is 93.5 cm³/mol. The van der Waals surface area contributed by atoms with E-state index in [1.807, 2.05) is 6.07 Å². The third kappa shape index (κ3) is 5.20. The number of aromatic carboxylic acids is 1. The van der Waals surface area contributed by atoms with Gasteiger partial charge in [0.15, 0.2) is 0 Å². The Labute approximate surface area is 147 Å². The van der Waals surface area contributed by atoms with Crippen molar-refractivity contribution in [3.05, 3.63) is 35.4 Å². The van der Waals surface area contributed by atoms with Crippen LogP contribution in [0.25, 0.3) is 0 Å². The highest BCUT2D eigenvalue weighted by Gasteiger charge is 2.27. The number of amides is 3. The van der Waals surface area contributed by atoms with Crippen molar-refractivity contribution in [1.29, 1.82) is 0 Å². The first-order valence-electron chi connectivity index (χ1n) is 8.44. The zero-order valence-corrected chi connectivity index (χ0v) is 14.7. The zero-order chi connectivity index (χ0) is 18.4. The molecule has 0 aliphatic carbocycles. The maximum Gasteiger partial charge on any atom is 0.335 e. The predicted octanol–water partition coefficient (Wildman–Crippen LogP) is 1.44. The summed E-state index contributed by atoms with van der Waals surface area (Å²) in [4.78, 5) is 38.4. The standard InChI is InChI=1S/C18H25N3O4/c1-20(2)18(25)21-10-7-14(8-11-21)16(22)19-9-6-13-4-3-5-15(12-13)17(23)24/h3-5,12,14H,6-11H2,1-2H3,(H,19,22)(H,23,24). The maximum absolute atomic E-state index is 12.3. The Balaban J connectivity index is 1.75. The number of carbonyl (C=O) groups is 3. The summed E-state index contributed by atoms with van der Waals surface area (Å²) in [7, 11) is 3.45. The molecule has 0 radical (unpaired) electrons. The van der Waals surface area contributed by atoms with Crippen LogP contribution < -0.4 is 5.32 Å². The van der Waals surface area contributed by atoms with Gasteiger partial charge in [-0.05, 0) is 37.0 Å². The van der Waals surface area contributed by atoms with Crippen LogP contribution >= 0.6 is 0 Å². The topological polar surface area (TPSA) is 90.0 Å². The van der Waals surface area contributed by atoms with Crippen LogP contribution in [0.5, 0.6) is 0 Å². The van der Waals surface area contributed by atoms with Gasteiger partial charge in [-0.1, -0.05) is 12.1 Å². The molecular weight excluding hydrogens is 322 g/mol. The number of carboxylic acid groups (broad SMARTS) is 1. The summed E-state index contributed by atoms with van der Waals surface area (Å²) in [6.07, 6.45) is 1.92. The van der Waals surface area contributed by atoms with E-state index in [1.54, 1.807) is 42.1 Å². The third-order valence-corrected chi connectivity index (χ3v) is 4.41. The Bertz CT molecular complexity index is 637. The van der Waals surface area contributed by atoms with E-state index in [4.69, 9.17) is 5.11 Å². The molecule has 1 aliphatic rings. The van der Waals surface area contributed by atoms with E-state index in [9.17, 15) is 14.4 Å².